The molecule has 7 heteroatoms. The molecule has 1 saturated carbocycles. The third-order valence-corrected chi connectivity index (χ3v) is 6.26. The van der Waals surface area contributed by atoms with Crippen LogP contribution in [0.15, 0.2) is 22.0 Å². The van der Waals surface area contributed by atoms with E-state index in [1.54, 1.807) is 6.07 Å². The maximum Gasteiger partial charge on any atom is 0.308 e. The van der Waals surface area contributed by atoms with Crippen LogP contribution in [0.25, 0.3) is 10.6 Å². The molecule has 0 N–H and O–H groups in total. The summed E-state index contributed by atoms with van der Waals surface area (Å²) in [5, 5.41) is 0. The van der Waals surface area contributed by atoms with Crippen LogP contribution in [0.4, 0.5) is 0 Å². The van der Waals surface area contributed by atoms with E-state index in [9.17, 15) is 9.59 Å². The average molecular weight is 438 g/mol. The first kappa shape index (κ1) is 19.0. The van der Waals surface area contributed by atoms with E-state index < -0.39 is 0 Å². The Hall–Kier alpha value is -1.73. The van der Waals surface area contributed by atoms with Crippen molar-refractivity contribution < 1.29 is 19.1 Å². The average Bonchev–Trinajstić information content (AvgIpc) is 3.04. The second kappa shape index (κ2) is 8.31. The van der Waals surface area contributed by atoms with Crippen LogP contribution in [0.5, 0.6) is 5.75 Å². The van der Waals surface area contributed by atoms with Gasteiger partial charge in [-0.25, -0.2) is 4.98 Å². The Balaban J connectivity index is 1.76. The Morgan fingerprint density at radius 3 is 2.88 bits per heavy atom. The number of halogens is 1. The smallest absolute Gasteiger partial charge is 0.308 e. The second-order valence-electron chi connectivity index (χ2n) is 6.36. The van der Waals surface area contributed by atoms with Gasteiger partial charge in [0, 0.05) is 5.56 Å². The molecule has 138 valence electrons. The Bertz CT molecular complexity index is 820. The van der Waals surface area contributed by atoms with Crippen molar-refractivity contribution in [2.45, 2.75) is 38.7 Å². The molecule has 0 aromatic carbocycles. The van der Waals surface area contributed by atoms with Crippen molar-refractivity contribution in [3.05, 3.63) is 33.2 Å². The van der Waals surface area contributed by atoms with Crippen LogP contribution in [0.2, 0.25) is 0 Å². The van der Waals surface area contributed by atoms with Gasteiger partial charge in [0.15, 0.2) is 6.29 Å². The fourth-order valence-corrected chi connectivity index (χ4v) is 4.83. The van der Waals surface area contributed by atoms with Crippen molar-refractivity contribution in [1.82, 2.24) is 4.98 Å². The first-order valence-electron chi connectivity index (χ1n) is 8.48. The van der Waals surface area contributed by atoms with E-state index in [1.165, 1.54) is 18.4 Å². The van der Waals surface area contributed by atoms with Gasteiger partial charge in [-0.05, 0) is 66.7 Å². The highest BCUT2D eigenvalue weighted by molar-refractivity contribution is 9.11. The molecule has 5 nitrogen and oxygen atoms in total. The summed E-state index contributed by atoms with van der Waals surface area (Å²) in [6.07, 6.45) is 4.21. The largest absolute Gasteiger partial charge is 0.489 e. The highest BCUT2D eigenvalue weighted by atomic mass is 79.9. The zero-order valence-electron chi connectivity index (χ0n) is 14.7. The quantitative estimate of drug-likeness (QED) is 0.496. The van der Waals surface area contributed by atoms with Gasteiger partial charge in [0.1, 0.15) is 5.75 Å². The van der Waals surface area contributed by atoms with E-state index in [2.05, 4.69) is 20.9 Å². The van der Waals surface area contributed by atoms with Crippen LogP contribution in [0.3, 0.4) is 0 Å². The lowest BCUT2D eigenvalue weighted by Crippen LogP contribution is -2.30. The molecule has 0 saturated heterocycles. The maximum absolute atomic E-state index is 11.8. The molecular formula is C19H20BrNO4S. The van der Waals surface area contributed by atoms with Gasteiger partial charge in [-0.3, -0.25) is 9.59 Å². The van der Waals surface area contributed by atoms with Gasteiger partial charge in [-0.1, -0.05) is 0 Å². The number of pyridine rings is 1. The van der Waals surface area contributed by atoms with Gasteiger partial charge in [0.2, 0.25) is 0 Å². The molecule has 0 bridgehead atoms. The Kier molecular flexibility index (Phi) is 6.09. The Morgan fingerprint density at radius 1 is 1.38 bits per heavy atom. The molecule has 2 aromatic heterocycles. The summed E-state index contributed by atoms with van der Waals surface area (Å²) < 4.78 is 11.9. The standard InChI is InChI=1S/C19H20BrNO4S/c1-11-16(25-14-5-3-4-12(8-14)19(23)24-2)7-6-15(21-11)18-13(10-22)9-17(20)26-18/h6-7,9-10,12,14H,3-5,8H2,1-2H3/t12-,14-/m0/s1. The van der Waals surface area contributed by atoms with E-state index in [-0.39, 0.29) is 18.0 Å². The number of hydrogen-bond acceptors (Lipinski definition) is 6. The van der Waals surface area contributed by atoms with E-state index in [0.717, 1.165) is 45.6 Å². The van der Waals surface area contributed by atoms with Crippen molar-refractivity contribution in [2.75, 3.05) is 7.11 Å². The number of ether oxygens (including phenoxy) is 2. The fraction of sp³-hybridized carbons (Fsp3) is 0.421. The molecule has 2 aromatic rings. The SMILES string of the molecule is COC(=O)[C@H]1CCC[C@H](Oc2ccc(-c3sc(Br)cc3C=O)nc2C)C1. The molecular weight excluding hydrogens is 418 g/mol. The van der Waals surface area contributed by atoms with Gasteiger partial charge in [-0.15, -0.1) is 11.3 Å². The van der Waals surface area contributed by atoms with E-state index in [0.29, 0.717) is 17.7 Å². The van der Waals surface area contributed by atoms with Gasteiger partial charge in [0.05, 0.1) is 39.2 Å². The van der Waals surface area contributed by atoms with Crippen molar-refractivity contribution >= 4 is 39.5 Å². The lowest BCUT2D eigenvalue weighted by Gasteiger charge is -2.28. The molecule has 0 radical (unpaired) electrons. The number of aldehydes is 1. The topological polar surface area (TPSA) is 65.5 Å². The molecule has 2 atom stereocenters. The van der Waals surface area contributed by atoms with Crippen LogP contribution >= 0.6 is 27.3 Å². The molecule has 2 heterocycles. The third-order valence-electron chi connectivity index (χ3n) is 4.58. The van der Waals surface area contributed by atoms with Gasteiger partial charge < -0.3 is 9.47 Å². The number of nitrogens with zero attached hydrogens (tertiary/aromatic N) is 1. The fourth-order valence-electron chi connectivity index (χ4n) is 3.27. The number of methoxy groups -OCH3 is 1. The third kappa shape index (κ3) is 4.15. The summed E-state index contributed by atoms with van der Waals surface area (Å²) in [5.74, 6) is 0.464. The van der Waals surface area contributed by atoms with E-state index in [1.807, 2.05) is 19.1 Å². The monoisotopic (exact) mass is 437 g/mol. The summed E-state index contributed by atoms with van der Waals surface area (Å²) in [6.45, 7) is 1.89. The van der Waals surface area contributed by atoms with Crippen molar-refractivity contribution in [3.8, 4) is 16.3 Å². The second-order valence-corrected chi connectivity index (χ2v) is 8.79. The predicted molar refractivity (Wildman–Crippen MR) is 104 cm³/mol. The minimum Gasteiger partial charge on any atom is -0.489 e. The van der Waals surface area contributed by atoms with E-state index in [4.69, 9.17) is 9.47 Å². The van der Waals surface area contributed by atoms with Crippen LogP contribution in [-0.4, -0.2) is 30.5 Å². The molecule has 1 aliphatic carbocycles. The Labute approximate surface area is 164 Å². The highest BCUT2D eigenvalue weighted by Crippen LogP contribution is 2.36. The molecule has 0 aliphatic heterocycles. The van der Waals surface area contributed by atoms with Gasteiger partial charge in [0.25, 0.3) is 0 Å². The van der Waals surface area contributed by atoms with Crippen molar-refractivity contribution in [3.63, 3.8) is 0 Å². The normalized spacial score (nSPS) is 19.8. The van der Waals surface area contributed by atoms with Crippen molar-refractivity contribution in [1.29, 1.82) is 0 Å². The highest BCUT2D eigenvalue weighted by Gasteiger charge is 2.29. The van der Waals surface area contributed by atoms with Gasteiger partial charge >= 0.3 is 5.97 Å². The number of carbonyl (C=O) groups excluding carboxylic acids is 2. The van der Waals surface area contributed by atoms with E-state index >= 15 is 0 Å². The number of thiophene rings is 1. The number of carbonyl (C=O) groups is 2. The summed E-state index contributed by atoms with van der Waals surface area (Å²) >= 11 is 4.89. The minimum atomic E-state index is -0.159. The molecule has 1 aliphatic rings. The maximum atomic E-state index is 11.8. The lowest BCUT2D eigenvalue weighted by molar-refractivity contribution is -0.147. The molecule has 1 fully saturated rings. The summed E-state index contributed by atoms with van der Waals surface area (Å²) in [4.78, 5) is 28.5. The first-order valence-corrected chi connectivity index (χ1v) is 10.1. The molecule has 0 amide bonds. The molecule has 3 rings (SSSR count). The molecule has 0 spiro atoms. The van der Waals surface area contributed by atoms with Crippen LogP contribution < -0.4 is 4.74 Å². The van der Waals surface area contributed by atoms with Crippen LogP contribution in [0, 0.1) is 12.8 Å². The number of esters is 1. The summed E-state index contributed by atoms with van der Waals surface area (Å²) in [6, 6.07) is 5.55. The summed E-state index contributed by atoms with van der Waals surface area (Å²) in [5.41, 5.74) is 2.14. The predicted octanol–water partition coefficient (Wildman–Crippen LogP) is 4.80. The van der Waals surface area contributed by atoms with Crippen molar-refractivity contribution in [2.24, 2.45) is 5.92 Å². The number of aromatic nitrogens is 1. The number of hydrogen-bond donors (Lipinski definition) is 0. The minimum absolute atomic E-state index is 0.0133. The molecule has 26 heavy (non-hydrogen) atoms. The zero-order chi connectivity index (χ0) is 18.7. The lowest BCUT2D eigenvalue weighted by atomic mass is 9.87. The molecule has 0 unspecified atom stereocenters. The number of aryl methyl sites for hydroxylation is 1. The Morgan fingerprint density at radius 2 is 2.19 bits per heavy atom. The summed E-state index contributed by atoms with van der Waals surface area (Å²) in [7, 11) is 1.43. The van der Waals surface area contributed by atoms with Crippen LogP contribution in [0.1, 0.15) is 41.7 Å². The van der Waals surface area contributed by atoms with Crippen LogP contribution in [-0.2, 0) is 9.53 Å². The number of rotatable bonds is 5. The first-order chi connectivity index (χ1) is 12.5. The van der Waals surface area contributed by atoms with Gasteiger partial charge in [-0.2, -0.15) is 0 Å². The zero-order valence-corrected chi connectivity index (χ0v) is 17.1.